The quantitative estimate of drug-likeness (QED) is 0.890. The van der Waals surface area contributed by atoms with Crippen molar-refractivity contribution in [3.63, 3.8) is 0 Å². The molecule has 118 valence electrons. The van der Waals surface area contributed by atoms with E-state index in [2.05, 4.69) is 18.7 Å². The first-order chi connectivity index (χ1) is 10.0. The topological polar surface area (TPSA) is 29.3 Å². The van der Waals surface area contributed by atoms with Crippen molar-refractivity contribution < 1.29 is 8.78 Å². The highest BCUT2D eigenvalue weighted by molar-refractivity contribution is 5.26. The number of likely N-dealkylation sites (tertiary alicyclic amines) is 1. The molecule has 2 rings (SSSR count). The fourth-order valence-electron chi connectivity index (χ4n) is 3.26. The number of hydrogen-bond acceptors (Lipinski definition) is 2. The molecule has 1 aliphatic rings. The van der Waals surface area contributed by atoms with Crippen LogP contribution in [0, 0.1) is 11.8 Å². The van der Waals surface area contributed by atoms with Gasteiger partial charge in [-0.15, -0.1) is 0 Å². The zero-order valence-electron chi connectivity index (χ0n) is 12.9. The summed E-state index contributed by atoms with van der Waals surface area (Å²) in [5.41, 5.74) is 7.06. The van der Waals surface area contributed by atoms with Crippen LogP contribution in [0.2, 0.25) is 0 Å². The average molecular weight is 296 g/mol. The molecule has 21 heavy (non-hydrogen) atoms. The van der Waals surface area contributed by atoms with E-state index in [1.807, 2.05) is 0 Å². The molecule has 1 aromatic rings. The molecule has 0 aliphatic carbocycles. The van der Waals surface area contributed by atoms with Crippen molar-refractivity contribution in [3.8, 4) is 0 Å². The molecule has 0 radical (unpaired) electrons. The molecular weight excluding hydrogens is 270 g/mol. The highest BCUT2D eigenvalue weighted by atomic mass is 19.3. The van der Waals surface area contributed by atoms with Gasteiger partial charge >= 0.3 is 0 Å². The summed E-state index contributed by atoms with van der Waals surface area (Å²) in [6.45, 7) is 7.18. The van der Waals surface area contributed by atoms with Gasteiger partial charge < -0.3 is 5.73 Å². The lowest BCUT2D eigenvalue weighted by atomic mass is 9.86. The monoisotopic (exact) mass is 296 g/mol. The summed E-state index contributed by atoms with van der Waals surface area (Å²) in [4.78, 5) is 2.40. The first kappa shape index (κ1) is 16.4. The summed E-state index contributed by atoms with van der Waals surface area (Å²) in [5.74, 6) is 1.52. The van der Waals surface area contributed by atoms with Gasteiger partial charge in [0.15, 0.2) is 0 Å². The van der Waals surface area contributed by atoms with Crippen LogP contribution in [0.15, 0.2) is 24.3 Å². The van der Waals surface area contributed by atoms with Crippen LogP contribution in [0.1, 0.15) is 50.3 Å². The van der Waals surface area contributed by atoms with Gasteiger partial charge in [0.2, 0.25) is 0 Å². The van der Waals surface area contributed by atoms with Crippen molar-refractivity contribution in [3.05, 3.63) is 35.4 Å². The van der Waals surface area contributed by atoms with Gasteiger partial charge in [-0.2, -0.15) is 0 Å². The molecule has 1 aromatic carbocycles. The van der Waals surface area contributed by atoms with Crippen LogP contribution < -0.4 is 5.73 Å². The molecule has 0 saturated carbocycles. The van der Waals surface area contributed by atoms with E-state index in [0.29, 0.717) is 6.54 Å². The standard InChI is InChI=1S/C17H26F2N2/c1-12(2)13-7-9-21(10-8-13)16(11-20)14-3-5-15(6-4-14)17(18)19/h3-6,12-13,16-17H,7-11,20H2,1-2H3. The molecule has 4 heteroatoms. The van der Waals surface area contributed by atoms with E-state index in [9.17, 15) is 8.78 Å². The Morgan fingerprint density at radius 1 is 1.10 bits per heavy atom. The van der Waals surface area contributed by atoms with E-state index < -0.39 is 6.43 Å². The molecule has 2 N–H and O–H groups in total. The molecule has 1 saturated heterocycles. The Hall–Kier alpha value is -1.00. The van der Waals surface area contributed by atoms with Crippen LogP contribution in [0.4, 0.5) is 8.78 Å². The lowest BCUT2D eigenvalue weighted by molar-refractivity contribution is 0.117. The van der Waals surface area contributed by atoms with E-state index in [4.69, 9.17) is 5.73 Å². The summed E-state index contributed by atoms with van der Waals surface area (Å²) in [6.07, 6.45) is -0.01000. The highest BCUT2D eigenvalue weighted by Crippen LogP contribution is 2.30. The number of benzene rings is 1. The zero-order valence-corrected chi connectivity index (χ0v) is 12.9. The second kappa shape index (κ2) is 7.32. The van der Waals surface area contributed by atoms with Crippen molar-refractivity contribution in [2.75, 3.05) is 19.6 Å². The fraction of sp³-hybridized carbons (Fsp3) is 0.647. The van der Waals surface area contributed by atoms with Gasteiger partial charge in [-0.25, -0.2) is 8.78 Å². The molecule has 0 spiro atoms. The van der Waals surface area contributed by atoms with Gasteiger partial charge in [0, 0.05) is 18.2 Å². The molecule has 0 bridgehead atoms. The van der Waals surface area contributed by atoms with Crippen LogP contribution >= 0.6 is 0 Å². The number of nitrogens with two attached hydrogens (primary N) is 1. The number of alkyl halides is 2. The van der Waals surface area contributed by atoms with Crippen molar-refractivity contribution in [1.29, 1.82) is 0 Å². The third-order valence-electron chi connectivity index (χ3n) is 4.75. The predicted molar refractivity (Wildman–Crippen MR) is 82.3 cm³/mol. The number of hydrogen-bond donors (Lipinski definition) is 1. The first-order valence-corrected chi connectivity index (χ1v) is 7.85. The number of rotatable bonds is 5. The molecular formula is C17H26F2N2. The van der Waals surface area contributed by atoms with Crippen molar-refractivity contribution >= 4 is 0 Å². The highest BCUT2D eigenvalue weighted by Gasteiger charge is 2.26. The predicted octanol–water partition coefficient (Wildman–Crippen LogP) is 3.99. The maximum absolute atomic E-state index is 12.6. The molecule has 1 unspecified atom stereocenters. The number of halogens is 2. The summed E-state index contributed by atoms with van der Waals surface area (Å²) in [6, 6.07) is 6.78. The van der Waals surface area contributed by atoms with Crippen LogP contribution in [-0.2, 0) is 0 Å². The molecule has 1 fully saturated rings. The average Bonchev–Trinajstić information content (AvgIpc) is 2.49. The maximum atomic E-state index is 12.6. The smallest absolute Gasteiger partial charge is 0.263 e. The van der Waals surface area contributed by atoms with Crippen molar-refractivity contribution in [2.45, 2.75) is 39.2 Å². The van der Waals surface area contributed by atoms with Crippen molar-refractivity contribution in [1.82, 2.24) is 4.90 Å². The van der Waals surface area contributed by atoms with Gasteiger partial charge in [-0.3, -0.25) is 4.90 Å². The molecule has 1 aliphatic heterocycles. The Balaban J connectivity index is 2.03. The minimum Gasteiger partial charge on any atom is -0.329 e. The number of piperidine rings is 1. The van der Waals surface area contributed by atoms with Gasteiger partial charge in [-0.1, -0.05) is 38.1 Å². The van der Waals surface area contributed by atoms with E-state index >= 15 is 0 Å². The van der Waals surface area contributed by atoms with Gasteiger partial charge in [-0.05, 0) is 43.3 Å². The summed E-state index contributed by atoms with van der Waals surface area (Å²) in [5, 5.41) is 0. The normalized spacial score (nSPS) is 19.4. The Morgan fingerprint density at radius 2 is 1.62 bits per heavy atom. The Labute approximate surface area is 126 Å². The minimum absolute atomic E-state index is 0.0769. The molecule has 0 aromatic heterocycles. The van der Waals surface area contributed by atoms with Crippen molar-refractivity contribution in [2.24, 2.45) is 17.6 Å². The van der Waals surface area contributed by atoms with Gasteiger partial charge in [0.05, 0.1) is 0 Å². The zero-order chi connectivity index (χ0) is 15.4. The second-order valence-electron chi connectivity index (χ2n) is 6.34. The second-order valence-corrected chi connectivity index (χ2v) is 6.34. The molecule has 0 amide bonds. The first-order valence-electron chi connectivity index (χ1n) is 7.85. The van der Waals surface area contributed by atoms with E-state index in [0.717, 1.165) is 30.5 Å². The van der Waals surface area contributed by atoms with Crippen LogP contribution in [-0.4, -0.2) is 24.5 Å². The number of nitrogens with zero attached hydrogens (tertiary/aromatic N) is 1. The van der Waals surface area contributed by atoms with E-state index in [1.54, 1.807) is 12.1 Å². The lowest BCUT2D eigenvalue weighted by Gasteiger charge is -2.38. The summed E-state index contributed by atoms with van der Waals surface area (Å²) < 4.78 is 25.2. The molecule has 1 heterocycles. The molecule has 1 atom stereocenters. The van der Waals surface area contributed by atoms with E-state index in [1.165, 1.54) is 25.0 Å². The largest absolute Gasteiger partial charge is 0.329 e. The van der Waals surface area contributed by atoms with Gasteiger partial charge in [0.25, 0.3) is 6.43 Å². The van der Waals surface area contributed by atoms with Gasteiger partial charge in [0.1, 0.15) is 0 Å². The minimum atomic E-state index is -2.41. The lowest BCUT2D eigenvalue weighted by Crippen LogP contribution is -2.40. The Kier molecular flexibility index (Phi) is 5.71. The SMILES string of the molecule is CC(C)C1CCN(C(CN)c2ccc(C(F)F)cc2)CC1. The van der Waals surface area contributed by atoms with Crippen LogP contribution in [0.5, 0.6) is 0 Å². The summed E-state index contributed by atoms with van der Waals surface area (Å²) >= 11 is 0. The Morgan fingerprint density at radius 3 is 2.05 bits per heavy atom. The van der Waals surface area contributed by atoms with Crippen LogP contribution in [0.25, 0.3) is 0 Å². The Bertz CT molecular complexity index is 423. The summed E-state index contributed by atoms with van der Waals surface area (Å²) in [7, 11) is 0. The third kappa shape index (κ3) is 4.01. The van der Waals surface area contributed by atoms with Crippen LogP contribution in [0.3, 0.4) is 0 Å². The fourth-order valence-corrected chi connectivity index (χ4v) is 3.26. The third-order valence-corrected chi connectivity index (χ3v) is 4.75. The molecule has 2 nitrogen and oxygen atoms in total. The van der Waals surface area contributed by atoms with E-state index in [-0.39, 0.29) is 11.6 Å². The maximum Gasteiger partial charge on any atom is 0.263 e.